The predicted octanol–water partition coefficient (Wildman–Crippen LogP) is 2.40. The lowest BCUT2D eigenvalue weighted by atomic mass is 10.2. The van der Waals surface area contributed by atoms with E-state index in [1.165, 1.54) is 12.1 Å². The molecular weight excluding hydrogens is 335 g/mol. The quantitative estimate of drug-likeness (QED) is 0.702. The average molecular weight is 355 g/mol. The number of nitrogens with one attached hydrogen (secondary N) is 1. The molecule has 0 atom stereocenters. The first-order chi connectivity index (χ1) is 9.79. The molecule has 21 heavy (non-hydrogen) atoms. The van der Waals surface area contributed by atoms with Crippen LogP contribution >= 0.6 is 23.2 Å². The molecule has 0 aliphatic rings. The van der Waals surface area contributed by atoms with E-state index in [9.17, 15) is 8.42 Å². The first kappa shape index (κ1) is 18.7. The maximum Gasteiger partial charge on any atom is 0.242 e. The Morgan fingerprint density at radius 2 is 2.00 bits per heavy atom. The van der Waals surface area contributed by atoms with Crippen LogP contribution in [0, 0.1) is 5.92 Å². The fourth-order valence-electron chi connectivity index (χ4n) is 1.62. The van der Waals surface area contributed by atoms with Crippen LogP contribution in [0.3, 0.4) is 0 Å². The Morgan fingerprint density at radius 3 is 2.57 bits per heavy atom. The molecule has 8 heteroatoms. The Kier molecular flexibility index (Phi) is 7.39. The predicted molar refractivity (Wildman–Crippen MR) is 85.2 cm³/mol. The minimum Gasteiger partial charge on any atom is -0.380 e. The lowest BCUT2D eigenvalue weighted by Crippen LogP contribution is -2.28. The normalized spacial score (nSPS) is 12.1. The van der Waals surface area contributed by atoms with Crippen molar-refractivity contribution in [2.75, 3.05) is 19.8 Å². The third-order valence-electron chi connectivity index (χ3n) is 2.63. The van der Waals surface area contributed by atoms with Crippen molar-refractivity contribution in [2.45, 2.75) is 25.3 Å². The molecule has 0 aromatic heterocycles. The Bertz CT molecular complexity index is 577. The molecule has 3 N–H and O–H groups in total. The standard InChI is InChI=1S/C13H20Cl2N2O3S/c1-9(2)8-20-6-5-17-21(18,19)12-4-3-11(14)10(7-16)13(12)15/h3-4,9,17H,5-8,16H2,1-2H3. The van der Waals surface area contributed by atoms with Crippen LogP contribution in [0.5, 0.6) is 0 Å². The Labute approximate surface area is 135 Å². The van der Waals surface area contributed by atoms with Crippen LogP contribution in [0.2, 0.25) is 10.0 Å². The number of hydrogen-bond donors (Lipinski definition) is 2. The van der Waals surface area contributed by atoms with Gasteiger partial charge in [0.2, 0.25) is 10.0 Å². The number of ether oxygens (including phenoxy) is 1. The molecule has 0 radical (unpaired) electrons. The highest BCUT2D eigenvalue weighted by atomic mass is 35.5. The number of benzene rings is 1. The summed E-state index contributed by atoms with van der Waals surface area (Å²) in [5, 5.41) is 0.405. The zero-order valence-corrected chi connectivity index (χ0v) is 14.4. The molecular formula is C13H20Cl2N2O3S. The lowest BCUT2D eigenvalue weighted by molar-refractivity contribution is 0.114. The molecule has 0 unspecified atom stereocenters. The first-order valence-electron chi connectivity index (χ1n) is 6.54. The molecule has 1 aromatic carbocycles. The van der Waals surface area contributed by atoms with Crippen LogP contribution in [0.15, 0.2) is 17.0 Å². The third-order valence-corrected chi connectivity index (χ3v) is 5.04. The van der Waals surface area contributed by atoms with Gasteiger partial charge in [-0.1, -0.05) is 37.0 Å². The minimum atomic E-state index is -3.72. The van der Waals surface area contributed by atoms with E-state index >= 15 is 0 Å². The van der Waals surface area contributed by atoms with E-state index in [0.29, 0.717) is 29.7 Å². The van der Waals surface area contributed by atoms with E-state index < -0.39 is 10.0 Å². The van der Waals surface area contributed by atoms with Crippen molar-refractivity contribution >= 4 is 33.2 Å². The van der Waals surface area contributed by atoms with Gasteiger partial charge in [0.1, 0.15) is 4.90 Å². The maximum absolute atomic E-state index is 12.2. The second kappa shape index (κ2) is 8.31. The van der Waals surface area contributed by atoms with Gasteiger partial charge in [-0.2, -0.15) is 0 Å². The summed E-state index contributed by atoms with van der Waals surface area (Å²) >= 11 is 12.0. The van der Waals surface area contributed by atoms with Crippen molar-refractivity contribution in [1.29, 1.82) is 0 Å². The second-order valence-corrected chi connectivity index (χ2v) is 7.43. The van der Waals surface area contributed by atoms with Crippen molar-refractivity contribution in [2.24, 2.45) is 11.7 Å². The number of hydrogen-bond acceptors (Lipinski definition) is 4. The van der Waals surface area contributed by atoms with Gasteiger partial charge in [0, 0.05) is 30.3 Å². The Hall–Kier alpha value is -0.370. The molecule has 0 saturated carbocycles. The summed E-state index contributed by atoms with van der Waals surface area (Å²) in [5.74, 6) is 0.402. The van der Waals surface area contributed by atoms with Gasteiger partial charge in [-0.05, 0) is 18.1 Å². The Morgan fingerprint density at radius 1 is 1.33 bits per heavy atom. The van der Waals surface area contributed by atoms with E-state index in [0.717, 1.165) is 0 Å². The maximum atomic E-state index is 12.2. The number of rotatable bonds is 8. The van der Waals surface area contributed by atoms with Crippen molar-refractivity contribution < 1.29 is 13.2 Å². The van der Waals surface area contributed by atoms with Gasteiger partial charge in [0.05, 0.1) is 11.6 Å². The van der Waals surface area contributed by atoms with E-state index in [2.05, 4.69) is 4.72 Å². The summed E-state index contributed by atoms with van der Waals surface area (Å²) in [5.41, 5.74) is 5.94. The number of halogens is 2. The van der Waals surface area contributed by atoms with E-state index in [1.54, 1.807) is 0 Å². The van der Waals surface area contributed by atoms with Crippen LogP contribution in [0.25, 0.3) is 0 Å². The third kappa shape index (κ3) is 5.39. The second-order valence-electron chi connectivity index (χ2n) is 4.91. The van der Waals surface area contributed by atoms with Crippen molar-refractivity contribution in [3.63, 3.8) is 0 Å². The molecule has 0 saturated heterocycles. The summed E-state index contributed by atoms with van der Waals surface area (Å²) in [6, 6.07) is 2.83. The first-order valence-corrected chi connectivity index (χ1v) is 8.77. The largest absolute Gasteiger partial charge is 0.380 e. The molecule has 1 rings (SSSR count). The molecule has 1 aromatic rings. The smallest absolute Gasteiger partial charge is 0.242 e. The molecule has 0 aliphatic carbocycles. The van der Waals surface area contributed by atoms with Gasteiger partial charge >= 0.3 is 0 Å². The van der Waals surface area contributed by atoms with Crippen LogP contribution in [0.1, 0.15) is 19.4 Å². The fourth-order valence-corrected chi connectivity index (χ4v) is 3.56. The molecule has 0 fully saturated rings. The average Bonchev–Trinajstić information content (AvgIpc) is 2.38. The van der Waals surface area contributed by atoms with Gasteiger partial charge in [-0.3, -0.25) is 0 Å². The molecule has 120 valence electrons. The van der Waals surface area contributed by atoms with Crippen LogP contribution in [-0.2, 0) is 21.3 Å². The summed E-state index contributed by atoms with van der Waals surface area (Å²) in [7, 11) is -3.72. The lowest BCUT2D eigenvalue weighted by Gasteiger charge is -2.12. The molecule has 0 amide bonds. The van der Waals surface area contributed by atoms with Crippen LogP contribution < -0.4 is 10.5 Å². The zero-order chi connectivity index (χ0) is 16.0. The highest BCUT2D eigenvalue weighted by Gasteiger charge is 2.20. The van der Waals surface area contributed by atoms with Crippen LogP contribution in [-0.4, -0.2) is 28.2 Å². The van der Waals surface area contributed by atoms with Gasteiger partial charge < -0.3 is 10.5 Å². The van der Waals surface area contributed by atoms with Crippen LogP contribution in [0.4, 0.5) is 0 Å². The van der Waals surface area contributed by atoms with Gasteiger partial charge in [-0.15, -0.1) is 0 Å². The van der Waals surface area contributed by atoms with Crippen molar-refractivity contribution in [3.05, 3.63) is 27.7 Å². The van der Waals surface area contributed by atoms with Crippen molar-refractivity contribution in [1.82, 2.24) is 4.72 Å². The van der Waals surface area contributed by atoms with E-state index in [-0.39, 0.29) is 23.0 Å². The SMILES string of the molecule is CC(C)COCCNS(=O)(=O)c1ccc(Cl)c(CN)c1Cl. The fraction of sp³-hybridized carbons (Fsp3) is 0.538. The minimum absolute atomic E-state index is 0.0297. The molecule has 0 bridgehead atoms. The Balaban J connectivity index is 2.75. The summed E-state index contributed by atoms with van der Waals surface area (Å²) in [6.45, 7) is 5.16. The van der Waals surface area contributed by atoms with Crippen molar-refractivity contribution in [3.8, 4) is 0 Å². The molecule has 0 spiro atoms. The summed E-state index contributed by atoms with van der Waals surface area (Å²) in [6.07, 6.45) is 0. The summed E-state index contributed by atoms with van der Waals surface area (Å²) in [4.78, 5) is -0.0297. The summed E-state index contributed by atoms with van der Waals surface area (Å²) < 4.78 is 32.1. The van der Waals surface area contributed by atoms with Gasteiger partial charge in [-0.25, -0.2) is 13.1 Å². The van der Waals surface area contributed by atoms with Gasteiger partial charge in [0.25, 0.3) is 0 Å². The molecule has 5 nitrogen and oxygen atoms in total. The zero-order valence-electron chi connectivity index (χ0n) is 12.0. The van der Waals surface area contributed by atoms with Gasteiger partial charge in [0.15, 0.2) is 0 Å². The topological polar surface area (TPSA) is 81.4 Å². The highest BCUT2D eigenvalue weighted by molar-refractivity contribution is 7.89. The van der Waals surface area contributed by atoms with E-state index in [4.69, 9.17) is 33.7 Å². The number of nitrogens with two attached hydrogens (primary N) is 1. The van der Waals surface area contributed by atoms with E-state index in [1.807, 2.05) is 13.8 Å². The molecule has 0 aliphatic heterocycles. The molecule has 0 heterocycles. The highest BCUT2D eigenvalue weighted by Crippen LogP contribution is 2.30. The number of sulfonamides is 1. The monoisotopic (exact) mass is 354 g/mol.